The SMILES string of the molecule is Cc1ccc(Cl)cc1-c1ccc(C2C(c3ccccn3)N=C3SC(C)CN32)o1. The smallest absolute Gasteiger partial charge is 0.161 e. The molecular weight excluding hydrogens is 390 g/mol. The summed E-state index contributed by atoms with van der Waals surface area (Å²) in [6, 6.07) is 16.0. The Morgan fingerprint density at radius 3 is 2.89 bits per heavy atom. The highest BCUT2D eigenvalue weighted by atomic mass is 35.5. The van der Waals surface area contributed by atoms with Crippen LogP contribution in [0.2, 0.25) is 5.02 Å². The third-order valence-electron chi connectivity index (χ3n) is 5.26. The molecule has 4 nitrogen and oxygen atoms in total. The molecule has 28 heavy (non-hydrogen) atoms. The van der Waals surface area contributed by atoms with Crippen LogP contribution in [0.3, 0.4) is 0 Å². The number of aromatic nitrogens is 1. The summed E-state index contributed by atoms with van der Waals surface area (Å²) < 4.78 is 6.37. The van der Waals surface area contributed by atoms with E-state index < -0.39 is 0 Å². The summed E-state index contributed by atoms with van der Waals surface area (Å²) in [6.07, 6.45) is 1.83. The molecule has 4 heterocycles. The van der Waals surface area contributed by atoms with Crippen LogP contribution in [0, 0.1) is 6.92 Å². The molecule has 0 radical (unpaired) electrons. The molecule has 1 fully saturated rings. The predicted molar refractivity (Wildman–Crippen MR) is 115 cm³/mol. The van der Waals surface area contributed by atoms with E-state index in [-0.39, 0.29) is 12.1 Å². The summed E-state index contributed by atoms with van der Waals surface area (Å²) in [4.78, 5) is 11.9. The van der Waals surface area contributed by atoms with Gasteiger partial charge in [0.2, 0.25) is 0 Å². The molecule has 1 saturated heterocycles. The van der Waals surface area contributed by atoms with Crippen molar-refractivity contribution < 1.29 is 4.42 Å². The Labute approximate surface area is 173 Å². The highest BCUT2D eigenvalue weighted by Gasteiger charge is 2.45. The molecule has 0 spiro atoms. The first-order chi connectivity index (χ1) is 13.6. The molecule has 0 saturated carbocycles. The van der Waals surface area contributed by atoms with Crippen LogP contribution in [-0.2, 0) is 0 Å². The number of nitrogens with zero attached hydrogens (tertiary/aromatic N) is 3. The molecule has 0 aliphatic carbocycles. The van der Waals surface area contributed by atoms with Crippen LogP contribution in [-0.4, -0.2) is 26.8 Å². The van der Waals surface area contributed by atoms with Gasteiger partial charge in [0.1, 0.15) is 23.6 Å². The van der Waals surface area contributed by atoms with Crippen molar-refractivity contribution in [2.45, 2.75) is 31.2 Å². The third kappa shape index (κ3) is 3.03. The Balaban J connectivity index is 1.55. The van der Waals surface area contributed by atoms with Crippen LogP contribution >= 0.6 is 23.4 Å². The number of halogens is 1. The van der Waals surface area contributed by atoms with Gasteiger partial charge >= 0.3 is 0 Å². The maximum absolute atomic E-state index is 6.37. The van der Waals surface area contributed by atoms with Gasteiger partial charge in [-0.15, -0.1) is 0 Å². The van der Waals surface area contributed by atoms with Crippen LogP contribution in [0.5, 0.6) is 0 Å². The van der Waals surface area contributed by atoms with Gasteiger partial charge in [0, 0.05) is 28.6 Å². The number of aryl methyl sites for hydroxylation is 1. The average molecular weight is 410 g/mol. The van der Waals surface area contributed by atoms with E-state index >= 15 is 0 Å². The van der Waals surface area contributed by atoms with E-state index in [1.165, 1.54) is 0 Å². The van der Waals surface area contributed by atoms with Crippen molar-refractivity contribution in [3.05, 3.63) is 76.8 Å². The first-order valence-corrected chi connectivity index (χ1v) is 10.6. The lowest BCUT2D eigenvalue weighted by Gasteiger charge is -2.25. The summed E-state index contributed by atoms with van der Waals surface area (Å²) in [5.74, 6) is 1.75. The molecular formula is C22H20ClN3OS. The van der Waals surface area contributed by atoms with Crippen molar-refractivity contribution in [2.75, 3.05) is 6.54 Å². The lowest BCUT2D eigenvalue weighted by Crippen LogP contribution is -2.28. The van der Waals surface area contributed by atoms with Crippen molar-refractivity contribution >= 4 is 28.5 Å². The standard InChI is InChI=1S/C22H20ClN3OS/c1-13-6-7-15(23)11-16(13)18-8-9-19(27-18)21-20(17-5-3-4-10-24-17)25-22-26(21)12-14(2)28-22/h3-11,14,20-21H,12H2,1-2H3. The molecule has 5 rings (SSSR count). The minimum Gasteiger partial charge on any atom is -0.459 e. The minimum atomic E-state index is -0.0596. The number of hydrogen-bond donors (Lipinski definition) is 0. The summed E-state index contributed by atoms with van der Waals surface area (Å²) in [6.45, 7) is 5.27. The molecule has 2 aliphatic heterocycles. The van der Waals surface area contributed by atoms with Crippen LogP contribution in [0.15, 0.2) is 64.1 Å². The number of thioether (sulfide) groups is 1. The van der Waals surface area contributed by atoms with Crippen molar-refractivity contribution in [3.8, 4) is 11.3 Å². The second kappa shape index (κ2) is 6.98. The molecule has 1 aromatic carbocycles. The summed E-state index contributed by atoms with van der Waals surface area (Å²) >= 11 is 8.04. The van der Waals surface area contributed by atoms with Crippen LogP contribution in [0.4, 0.5) is 0 Å². The zero-order valence-electron chi connectivity index (χ0n) is 15.7. The molecule has 2 aliphatic rings. The fourth-order valence-electron chi connectivity index (χ4n) is 3.94. The number of aliphatic imine (C=N–C) groups is 1. The molecule has 3 aromatic rings. The van der Waals surface area contributed by atoms with Gasteiger partial charge in [0.15, 0.2) is 5.17 Å². The van der Waals surface area contributed by atoms with Gasteiger partial charge in [-0.05, 0) is 48.9 Å². The van der Waals surface area contributed by atoms with Gasteiger partial charge in [-0.3, -0.25) is 4.98 Å². The van der Waals surface area contributed by atoms with E-state index in [1.807, 2.05) is 60.4 Å². The average Bonchev–Trinajstić information content (AvgIpc) is 3.38. The normalized spacial score (nSPS) is 23.8. The number of rotatable bonds is 3. The van der Waals surface area contributed by atoms with E-state index in [0.717, 1.165) is 40.1 Å². The quantitative estimate of drug-likeness (QED) is 0.540. The zero-order valence-corrected chi connectivity index (χ0v) is 17.2. The maximum Gasteiger partial charge on any atom is 0.161 e. The van der Waals surface area contributed by atoms with Crippen molar-refractivity contribution in [1.82, 2.24) is 9.88 Å². The molecule has 6 heteroatoms. The molecule has 142 valence electrons. The van der Waals surface area contributed by atoms with Crippen molar-refractivity contribution in [1.29, 1.82) is 0 Å². The monoisotopic (exact) mass is 409 g/mol. The third-order valence-corrected chi connectivity index (χ3v) is 6.60. The number of benzene rings is 1. The Bertz CT molecular complexity index is 1050. The lowest BCUT2D eigenvalue weighted by molar-refractivity contribution is 0.277. The Hall–Kier alpha value is -2.24. The van der Waals surface area contributed by atoms with Gasteiger partial charge < -0.3 is 9.32 Å². The Morgan fingerprint density at radius 1 is 1.18 bits per heavy atom. The molecule has 3 atom stereocenters. The number of pyridine rings is 1. The number of hydrogen-bond acceptors (Lipinski definition) is 5. The number of fused-ring (bicyclic) bond motifs is 1. The maximum atomic E-state index is 6.37. The van der Waals surface area contributed by atoms with E-state index in [1.54, 1.807) is 0 Å². The largest absolute Gasteiger partial charge is 0.459 e. The molecule has 0 N–H and O–H groups in total. The first kappa shape index (κ1) is 17.8. The highest BCUT2D eigenvalue weighted by Crippen LogP contribution is 2.48. The van der Waals surface area contributed by atoms with Gasteiger partial charge in [0.25, 0.3) is 0 Å². The summed E-state index contributed by atoms with van der Waals surface area (Å²) in [5, 5.41) is 2.32. The summed E-state index contributed by atoms with van der Waals surface area (Å²) in [5.41, 5.74) is 3.14. The van der Waals surface area contributed by atoms with Gasteiger partial charge in [0.05, 0.1) is 5.69 Å². The number of furan rings is 1. The fraction of sp³-hybridized carbons (Fsp3) is 0.273. The minimum absolute atomic E-state index is 0.0237. The Morgan fingerprint density at radius 2 is 2.07 bits per heavy atom. The molecule has 3 unspecified atom stereocenters. The van der Waals surface area contributed by atoms with Crippen LogP contribution in [0.25, 0.3) is 11.3 Å². The lowest BCUT2D eigenvalue weighted by atomic mass is 10.0. The molecule has 2 aromatic heterocycles. The van der Waals surface area contributed by atoms with E-state index in [4.69, 9.17) is 21.0 Å². The van der Waals surface area contributed by atoms with Gasteiger partial charge in [-0.2, -0.15) is 0 Å². The molecule has 0 bridgehead atoms. The van der Waals surface area contributed by atoms with Crippen LogP contribution in [0.1, 0.15) is 36.0 Å². The zero-order chi connectivity index (χ0) is 19.3. The van der Waals surface area contributed by atoms with Crippen molar-refractivity contribution in [2.24, 2.45) is 4.99 Å². The first-order valence-electron chi connectivity index (χ1n) is 9.38. The second-order valence-electron chi connectivity index (χ2n) is 7.30. The van der Waals surface area contributed by atoms with E-state index in [9.17, 15) is 0 Å². The van der Waals surface area contributed by atoms with Gasteiger partial charge in [-0.25, -0.2) is 4.99 Å². The predicted octanol–water partition coefficient (Wildman–Crippen LogP) is 5.89. The second-order valence-corrected chi connectivity index (χ2v) is 9.14. The highest BCUT2D eigenvalue weighted by molar-refractivity contribution is 8.14. The topological polar surface area (TPSA) is 41.6 Å². The summed E-state index contributed by atoms with van der Waals surface area (Å²) in [7, 11) is 0. The number of amidine groups is 1. The van der Waals surface area contributed by atoms with Crippen LogP contribution < -0.4 is 0 Å². The van der Waals surface area contributed by atoms with E-state index in [2.05, 4.69) is 29.8 Å². The van der Waals surface area contributed by atoms with Crippen molar-refractivity contribution in [3.63, 3.8) is 0 Å². The fourth-order valence-corrected chi connectivity index (χ4v) is 5.21. The van der Waals surface area contributed by atoms with E-state index in [0.29, 0.717) is 10.3 Å². The molecule has 0 amide bonds. The Kier molecular flexibility index (Phi) is 4.44. The van der Waals surface area contributed by atoms with Gasteiger partial charge in [-0.1, -0.05) is 42.4 Å².